The number of rotatable bonds is 4. The van der Waals surface area contributed by atoms with Crippen LogP contribution in [0.4, 0.5) is 4.39 Å². The van der Waals surface area contributed by atoms with Gasteiger partial charge in [0.25, 0.3) is 5.56 Å². The van der Waals surface area contributed by atoms with E-state index < -0.39 is 11.6 Å². The van der Waals surface area contributed by atoms with Crippen molar-refractivity contribution in [3.05, 3.63) is 61.7 Å². The largest absolute Gasteiger partial charge is 0.458 e. The van der Waals surface area contributed by atoms with Crippen LogP contribution in [0.3, 0.4) is 0 Å². The Balaban J connectivity index is 1.66. The molecule has 0 saturated carbocycles. The molecule has 0 bridgehead atoms. The van der Waals surface area contributed by atoms with Gasteiger partial charge in [0, 0.05) is 29.2 Å². The molecule has 0 spiro atoms. The summed E-state index contributed by atoms with van der Waals surface area (Å²) in [6.45, 7) is 3.70. The highest BCUT2D eigenvalue weighted by Crippen LogP contribution is 2.47. The number of halogens is 1. The molecule has 2 atom stereocenters. The van der Waals surface area contributed by atoms with Gasteiger partial charge in [0.1, 0.15) is 12.4 Å². The number of esters is 1. The fraction of sp³-hybridized carbons (Fsp3) is 0.444. The van der Waals surface area contributed by atoms with Crippen LogP contribution in [0.2, 0.25) is 0 Å². The number of nitrogens with zero attached hydrogens (tertiary/aromatic N) is 2. The fourth-order valence-corrected chi connectivity index (χ4v) is 6.28. The number of carbonyl (C=O) groups is 1. The van der Waals surface area contributed by atoms with Crippen molar-refractivity contribution in [3.8, 4) is 11.4 Å². The second-order valence-corrected chi connectivity index (χ2v) is 9.91. The van der Waals surface area contributed by atoms with Crippen LogP contribution in [0.15, 0.2) is 16.9 Å². The Morgan fingerprint density at radius 2 is 2.06 bits per heavy atom. The maximum Gasteiger partial charge on any atom is 0.343 e. The summed E-state index contributed by atoms with van der Waals surface area (Å²) in [6, 6.07) is 3.15. The van der Waals surface area contributed by atoms with Gasteiger partial charge in [-0.05, 0) is 67.7 Å². The number of cyclic esters (lactones) is 1. The first-order chi connectivity index (χ1) is 16.8. The van der Waals surface area contributed by atoms with E-state index in [0.717, 1.165) is 41.3 Å². The molecule has 3 aromatic rings. The maximum absolute atomic E-state index is 14.9. The van der Waals surface area contributed by atoms with Gasteiger partial charge < -0.3 is 19.5 Å². The zero-order chi connectivity index (χ0) is 24.6. The van der Waals surface area contributed by atoms with E-state index in [-0.39, 0.29) is 48.1 Å². The van der Waals surface area contributed by atoms with Gasteiger partial charge in [0.05, 0.1) is 29.0 Å². The molecule has 0 radical (unpaired) electrons. The highest BCUT2D eigenvalue weighted by molar-refractivity contribution is 5.93. The number of pyridine rings is 2. The average Bonchev–Trinajstić information content (AvgIpc) is 3.22. The standard InChI is InChI=1S/C27H27FN2O5/c1-3-27(34)18-9-21-24-16(11-30(21)25(32)17(18)12-35-26(27)33)22-14(5-4-8-31)6-7-15-13(2)19(28)10-20(29-24)23(15)22/h9-10,14,31,34H,3-8,11-12H2,1-2H3/t14?,27-/m0/s1. The van der Waals surface area contributed by atoms with Crippen molar-refractivity contribution in [2.45, 2.75) is 70.6 Å². The Bertz CT molecular complexity index is 1490. The molecule has 0 amide bonds. The minimum Gasteiger partial charge on any atom is -0.458 e. The van der Waals surface area contributed by atoms with Crippen LogP contribution < -0.4 is 5.56 Å². The molecule has 1 aliphatic carbocycles. The van der Waals surface area contributed by atoms with E-state index in [4.69, 9.17) is 9.72 Å². The molecule has 2 aromatic heterocycles. The monoisotopic (exact) mass is 478 g/mol. The molecule has 2 N–H and O–H groups in total. The summed E-state index contributed by atoms with van der Waals surface area (Å²) in [5.41, 5.74) is 3.63. The second kappa shape index (κ2) is 7.70. The number of hydrogen-bond donors (Lipinski definition) is 2. The zero-order valence-electron chi connectivity index (χ0n) is 19.8. The zero-order valence-corrected chi connectivity index (χ0v) is 19.8. The van der Waals surface area contributed by atoms with Gasteiger partial charge in [-0.15, -0.1) is 0 Å². The number of carbonyl (C=O) groups excluding carboxylic acids is 1. The van der Waals surface area contributed by atoms with Crippen molar-refractivity contribution in [2.24, 2.45) is 0 Å². The van der Waals surface area contributed by atoms with Crippen LogP contribution in [0.5, 0.6) is 0 Å². The van der Waals surface area contributed by atoms with Crippen molar-refractivity contribution in [3.63, 3.8) is 0 Å². The van der Waals surface area contributed by atoms with Gasteiger partial charge in [-0.3, -0.25) is 4.79 Å². The molecular weight excluding hydrogens is 451 g/mol. The molecule has 4 heterocycles. The lowest BCUT2D eigenvalue weighted by Crippen LogP contribution is -2.44. The molecule has 1 aromatic carbocycles. The number of hydrogen-bond acceptors (Lipinski definition) is 6. The van der Waals surface area contributed by atoms with E-state index in [9.17, 15) is 24.2 Å². The van der Waals surface area contributed by atoms with E-state index in [2.05, 4.69) is 0 Å². The molecule has 7 nitrogen and oxygen atoms in total. The summed E-state index contributed by atoms with van der Waals surface area (Å²) in [4.78, 5) is 30.9. The number of aliphatic hydroxyl groups excluding tert-OH is 1. The number of aromatic nitrogens is 2. The predicted octanol–water partition coefficient (Wildman–Crippen LogP) is 3.33. The highest BCUT2D eigenvalue weighted by atomic mass is 19.1. The molecule has 2 aliphatic heterocycles. The first kappa shape index (κ1) is 22.4. The predicted molar refractivity (Wildman–Crippen MR) is 127 cm³/mol. The van der Waals surface area contributed by atoms with Gasteiger partial charge in [-0.1, -0.05) is 6.92 Å². The van der Waals surface area contributed by atoms with E-state index in [0.29, 0.717) is 35.4 Å². The van der Waals surface area contributed by atoms with Crippen molar-refractivity contribution in [1.82, 2.24) is 9.55 Å². The summed E-state index contributed by atoms with van der Waals surface area (Å²) < 4.78 is 21.7. The van der Waals surface area contributed by atoms with E-state index in [1.54, 1.807) is 24.5 Å². The van der Waals surface area contributed by atoms with Crippen LogP contribution in [0.25, 0.3) is 22.3 Å². The molecule has 0 fully saturated rings. The molecule has 182 valence electrons. The number of fused-ring (bicyclic) bond motifs is 5. The molecule has 0 saturated heterocycles. The Labute approximate surface area is 201 Å². The lowest BCUT2D eigenvalue weighted by Gasteiger charge is -2.31. The molecule has 8 heteroatoms. The van der Waals surface area contributed by atoms with Crippen LogP contribution in [-0.2, 0) is 34.7 Å². The topological polar surface area (TPSA) is 102 Å². The van der Waals surface area contributed by atoms with Gasteiger partial charge >= 0.3 is 5.97 Å². The molecule has 1 unspecified atom stereocenters. The Morgan fingerprint density at radius 3 is 2.80 bits per heavy atom. The van der Waals surface area contributed by atoms with Crippen LogP contribution >= 0.6 is 0 Å². The van der Waals surface area contributed by atoms with Gasteiger partial charge in [0.15, 0.2) is 5.60 Å². The third-order valence-electron chi connectivity index (χ3n) is 8.21. The lowest BCUT2D eigenvalue weighted by molar-refractivity contribution is -0.172. The number of ether oxygens (including phenoxy) is 1. The maximum atomic E-state index is 14.9. The number of aryl methyl sites for hydroxylation is 1. The van der Waals surface area contributed by atoms with Gasteiger partial charge in [-0.2, -0.15) is 0 Å². The first-order valence-corrected chi connectivity index (χ1v) is 12.2. The lowest BCUT2D eigenvalue weighted by atomic mass is 9.76. The molecule has 6 rings (SSSR count). The number of aliphatic hydroxyl groups is 2. The average molecular weight is 479 g/mol. The van der Waals surface area contributed by atoms with Crippen LogP contribution in [-0.4, -0.2) is 32.3 Å². The summed E-state index contributed by atoms with van der Waals surface area (Å²) in [6.07, 6.45) is 3.10. The smallest absolute Gasteiger partial charge is 0.343 e. The first-order valence-electron chi connectivity index (χ1n) is 12.2. The third kappa shape index (κ3) is 2.93. The minimum atomic E-state index is -1.89. The Hall–Kier alpha value is -3.10. The molecule has 3 aliphatic rings. The summed E-state index contributed by atoms with van der Waals surface area (Å²) in [5.74, 6) is -0.901. The van der Waals surface area contributed by atoms with Gasteiger partial charge in [0.2, 0.25) is 0 Å². The van der Waals surface area contributed by atoms with Gasteiger partial charge in [-0.25, -0.2) is 14.2 Å². The van der Waals surface area contributed by atoms with Crippen molar-refractivity contribution < 1.29 is 24.1 Å². The highest BCUT2D eigenvalue weighted by Gasteiger charge is 2.45. The van der Waals surface area contributed by atoms with Crippen molar-refractivity contribution in [2.75, 3.05) is 6.61 Å². The van der Waals surface area contributed by atoms with Crippen molar-refractivity contribution in [1.29, 1.82) is 0 Å². The quantitative estimate of drug-likeness (QED) is 0.437. The fourth-order valence-electron chi connectivity index (χ4n) is 6.28. The minimum absolute atomic E-state index is 0.0715. The van der Waals surface area contributed by atoms with Crippen molar-refractivity contribution >= 4 is 16.9 Å². The second-order valence-electron chi connectivity index (χ2n) is 9.91. The van der Waals surface area contributed by atoms with Crippen LogP contribution in [0, 0.1) is 12.7 Å². The third-order valence-corrected chi connectivity index (χ3v) is 8.21. The summed E-state index contributed by atoms with van der Waals surface area (Å²) >= 11 is 0. The molecule has 35 heavy (non-hydrogen) atoms. The van der Waals surface area contributed by atoms with E-state index in [1.807, 2.05) is 0 Å². The Kier molecular flexibility index (Phi) is 4.92. The summed E-state index contributed by atoms with van der Waals surface area (Å²) in [5, 5.41) is 21.6. The summed E-state index contributed by atoms with van der Waals surface area (Å²) in [7, 11) is 0. The normalized spacial score (nSPS) is 22.1. The van der Waals surface area contributed by atoms with E-state index in [1.165, 1.54) is 6.07 Å². The van der Waals surface area contributed by atoms with Crippen LogP contribution in [0.1, 0.15) is 71.9 Å². The Morgan fingerprint density at radius 1 is 1.26 bits per heavy atom. The van der Waals surface area contributed by atoms with E-state index >= 15 is 0 Å². The number of benzene rings is 1. The SMILES string of the molecule is CC[C@@]1(O)C(=O)OCc2c1cc1n(c2=O)Cc2c-1nc1cc(F)c(C)c3c1c2C(CCCO)CC3. The molecular formula is C27H27FN2O5.